The molecular formula is C18H24FN3O2. The van der Waals surface area contributed by atoms with Crippen LogP contribution in [0.25, 0.3) is 0 Å². The molecule has 2 aliphatic rings. The summed E-state index contributed by atoms with van der Waals surface area (Å²) in [6, 6.07) is 5.92. The van der Waals surface area contributed by atoms with E-state index in [1.807, 2.05) is 11.9 Å². The monoisotopic (exact) mass is 333 g/mol. The molecule has 0 radical (unpaired) electrons. The van der Waals surface area contributed by atoms with Crippen molar-refractivity contribution in [3.63, 3.8) is 0 Å². The average molecular weight is 333 g/mol. The summed E-state index contributed by atoms with van der Waals surface area (Å²) in [6.45, 7) is 3.07. The van der Waals surface area contributed by atoms with Gasteiger partial charge in [-0.2, -0.15) is 0 Å². The Labute approximate surface area is 142 Å². The maximum absolute atomic E-state index is 14.3. The van der Waals surface area contributed by atoms with Crippen LogP contribution in [0.1, 0.15) is 24.4 Å². The summed E-state index contributed by atoms with van der Waals surface area (Å²) in [5, 5.41) is 0. The molecule has 5 nitrogen and oxygen atoms in total. The van der Waals surface area contributed by atoms with Crippen LogP contribution in [-0.4, -0.2) is 66.8 Å². The molecule has 0 aliphatic carbocycles. The van der Waals surface area contributed by atoms with Crippen molar-refractivity contribution in [1.82, 2.24) is 14.7 Å². The molecule has 0 N–H and O–H groups in total. The molecule has 2 aliphatic heterocycles. The fraction of sp³-hybridized carbons (Fsp3) is 0.556. The zero-order valence-electron chi connectivity index (χ0n) is 14.2. The average Bonchev–Trinajstić information content (AvgIpc) is 2.58. The van der Waals surface area contributed by atoms with E-state index in [1.54, 1.807) is 30.1 Å². The lowest BCUT2D eigenvalue weighted by atomic mass is 9.83. The summed E-state index contributed by atoms with van der Waals surface area (Å²) in [5.74, 6) is -0.741. The molecule has 0 bridgehead atoms. The Bertz CT molecular complexity index is 628. The van der Waals surface area contributed by atoms with Crippen LogP contribution in [0.3, 0.4) is 0 Å². The third kappa shape index (κ3) is 3.15. The maximum Gasteiger partial charge on any atom is 0.228 e. The van der Waals surface area contributed by atoms with Crippen LogP contribution in [0.2, 0.25) is 0 Å². The van der Waals surface area contributed by atoms with Crippen molar-refractivity contribution < 1.29 is 14.0 Å². The van der Waals surface area contributed by atoms with Gasteiger partial charge in [0.05, 0.1) is 12.0 Å². The van der Waals surface area contributed by atoms with E-state index in [2.05, 4.69) is 4.90 Å². The number of nitrogens with zero attached hydrogens (tertiary/aromatic N) is 3. The highest BCUT2D eigenvalue weighted by atomic mass is 19.1. The fourth-order valence-electron chi connectivity index (χ4n) is 3.70. The van der Waals surface area contributed by atoms with Gasteiger partial charge in [-0.1, -0.05) is 18.2 Å². The van der Waals surface area contributed by atoms with Gasteiger partial charge in [0.1, 0.15) is 5.82 Å². The largest absolute Gasteiger partial charge is 0.340 e. The predicted molar refractivity (Wildman–Crippen MR) is 88.7 cm³/mol. The first-order valence-corrected chi connectivity index (χ1v) is 8.46. The van der Waals surface area contributed by atoms with Crippen molar-refractivity contribution in [2.75, 3.05) is 40.3 Å². The van der Waals surface area contributed by atoms with Crippen molar-refractivity contribution >= 4 is 11.8 Å². The molecule has 0 saturated carbocycles. The zero-order valence-corrected chi connectivity index (χ0v) is 14.2. The quantitative estimate of drug-likeness (QED) is 0.824. The van der Waals surface area contributed by atoms with Gasteiger partial charge in [-0.05, 0) is 19.5 Å². The molecule has 6 heteroatoms. The number of likely N-dealkylation sites (tertiary alicyclic amines) is 1. The number of amides is 2. The number of halogens is 1. The number of piperidine rings is 1. The van der Waals surface area contributed by atoms with Gasteiger partial charge in [-0.15, -0.1) is 0 Å². The van der Waals surface area contributed by atoms with E-state index in [4.69, 9.17) is 0 Å². The fourth-order valence-corrected chi connectivity index (χ4v) is 3.70. The van der Waals surface area contributed by atoms with Gasteiger partial charge >= 0.3 is 0 Å². The Morgan fingerprint density at radius 3 is 2.46 bits per heavy atom. The lowest BCUT2D eigenvalue weighted by molar-refractivity contribution is -0.147. The van der Waals surface area contributed by atoms with Crippen LogP contribution >= 0.6 is 0 Å². The summed E-state index contributed by atoms with van der Waals surface area (Å²) in [4.78, 5) is 30.8. The van der Waals surface area contributed by atoms with E-state index in [-0.39, 0.29) is 23.5 Å². The van der Waals surface area contributed by atoms with Crippen molar-refractivity contribution in [2.45, 2.75) is 18.9 Å². The summed E-state index contributed by atoms with van der Waals surface area (Å²) in [6.07, 6.45) is 0.818. The van der Waals surface area contributed by atoms with Gasteiger partial charge in [0.25, 0.3) is 0 Å². The van der Waals surface area contributed by atoms with Crippen molar-refractivity contribution in [3.8, 4) is 0 Å². The minimum atomic E-state index is -0.528. The first-order chi connectivity index (χ1) is 11.5. The number of benzene rings is 1. The van der Waals surface area contributed by atoms with Gasteiger partial charge in [0, 0.05) is 45.2 Å². The first kappa shape index (κ1) is 16.9. The van der Waals surface area contributed by atoms with Gasteiger partial charge in [0.2, 0.25) is 11.8 Å². The highest BCUT2D eigenvalue weighted by Crippen LogP contribution is 2.38. The van der Waals surface area contributed by atoms with Crippen LogP contribution in [-0.2, 0) is 9.59 Å². The third-order valence-electron chi connectivity index (χ3n) is 5.22. The molecule has 1 aromatic carbocycles. The summed E-state index contributed by atoms with van der Waals surface area (Å²) >= 11 is 0. The molecule has 130 valence electrons. The lowest BCUT2D eigenvalue weighted by Gasteiger charge is -2.42. The first-order valence-electron chi connectivity index (χ1n) is 8.46. The van der Waals surface area contributed by atoms with Crippen LogP contribution < -0.4 is 0 Å². The highest BCUT2D eigenvalue weighted by molar-refractivity contribution is 5.85. The second-order valence-corrected chi connectivity index (χ2v) is 6.74. The molecule has 2 atom stereocenters. The maximum atomic E-state index is 14.3. The number of carbonyl (C=O) groups excluding carboxylic acids is 2. The number of carbonyl (C=O) groups is 2. The molecule has 2 heterocycles. The van der Waals surface area contributed by atoms with E-state index in [1.165, 1.54) is 6.07 Å². The Morgan fingerprint density at radius 2 is 1.79 bits per heavy atom. The topological polar surface area (TPSA) is 43.9 Å². The second-order valence-electron chi connectivity index (χ2n) is 6.74. The van der Waals surface area contributed by atoms with E-state index in [0.717, 1.165) is 13.1 Å². The smallest absolute Gasteiger partial charge is 0.228 e. The molecule has 24 heavy (non-hydrogen) atoms. The van der Waals surface area contributed by atoms with Crippen LogP contribution in [0.5, 0.6) is 0 Å². The molecule has 0 unspecified atom stereocenters. The van der Waals surface area contributed by atoms with Crippen molar-refractivity contribution in [2.24, 2.45) is 5.92 Å². The predicted octanol–water partition coefficient (Wildman–Crippen LogP) is 1.51. The molecule has 0 spiro atoms. The second kappa shape index (κ2) is 6.89. The summed E-state index contributed by atoms with van der Waals surface area (Å²) in [7, 11) is 3.71. The van der Waals surface area contributed by atoms with Gasteiger partial charge in [0.15, 0.2) is 0 Å². The summed E-state index contributed by atoms with van der Waals surface area (Å²) in [5.41, 5.74) is 0.431. The van der Waals surface area contributed by atoms with Gasteiger partial charge < -0.3 is 14.7 Å². The number of likely N-dealkylation sites (N-methyl/N-ethyl adjacent to an activating group) is 1. The van der Waals surface area contributed by atoms with Crippen molar-refractivity contribution in [1.29, 1.82) is 0 Å². The SMILES string of the molecule is CN1CCN(C(=O)[C@H]2CCC(=O)N(C)[C@H]2c2ccccc2F)CC1. The zero-order chi connectivity index (χ0) is 17.3. The minimum absolute atomic E-state index is 0.0364. The number of piperazine rings is 1. The Balaban J connectivity index is 1.88. The molecular weight excluding hydrogens is 309 g/mol. The molecule has 2 fully saturated rings. The molecule has 3 rings (SSSR count). The molecule has 0 aromatic heterocycles. The normalized spacial score (nSPS) is 25.9. The Hall–Kier alpha value is -1.95. The van der Waals surface area contributed by atoms with E-state index in [9.17, 15) is 14.0 Å². The third-order valence-corrected chi connectivity index (χ3v) is 5.22. The number of hydrogen-bond donors (Lipinski definition) is 0. The standard InChI is InChI=1S/C18H24FN3O2/c1-20-9-11-22(12-10-20)18(24)14-7-8-16(23)21(2)17(14)13-5-3-4-6-15(13)19/h3-6,14,17H,7-12H2,1-2H3/t14-,17-/m0/s1. The van der Waals surface area contributed by atoms with Crippen LogP contribution in [0.15, 0.2) is 24.3 Å². The van der Waals surface area contributed by atoms with Crippen LogP contribution in [0.4, 0.5) is 4.39 Å². The number of hydrogen-bond acceptors (Lipinski definition) is 3. The lowest BCUT2D eigenvalue weighted by Crippen LogP contribution is -2.52. The molecule has 1 aromatic rings. The Kier molecular flexibility index (Phi) is 4.85. The van der Waals surface area contributed by atoms with E-state index in [0.29, 0.717) is 31.5 Å². The molecule has 2 amide bonds. The van der Waals surface area contributed by atoms with E-state index < -0.39 is 6.04 Å². The highest BCUT2D eigenvalue weighted by Gasteiger charge is 2.41. The molecule has 2 saturated heterocycles. The van der Waals surface area contributed by atoms with Gasteiger partial charge in [-0.3, -0.25) is 9.59 Å². The number of rotatable bonds is 2. The summed E-state index contributed by atoms with van der Waals surface area (Å²) < 4.78 is 14.3. The van der Waals surface area contributed by atoms with Crippen molar-refractivity contribution in [3.05, 3.63) is 35.6 Å². The minimum Gasteiger partial charge on any atom is -0.340 e. The van der Waals surface area contributed by atoms with Crippen LogP contribution in [0, 0.1) is 11.7 Å². The van der Waals surface area contributed by atoms with Gasteiger partial charge in [-0.25, -0.2) is 4.39 Å². The Morgan fingerprint density at radius 1 is 1.12 bits per heavy atom. The van der Waals surface area contributed by atoms with E-state index >= 15 is 0 Å².